The monoisotopic (exact) mass is 718 g/mol. The second-order valence-corrected chi connectivity index (χ2v) is 11.6. The van der Waals surface area contributed by atoms with Crippen LogP contribution in [0.5, 0.6) is 0 Å². The number of nitriles is 1. The molecule has 1 saturated carbocycles. The average Bonchev–Trinajstić information content (AvgIpc) is 3.01. The third kappa shape index (κ3) is 6.77. The molecule has 1 aromatic carbocycles. The zero-order valence-corrected chi connectivity index (χ0v) is 25.3. The highest BCUT2D eigenvalue weighted by atomic mass is 127. The summed E-state index contributed by atoms with van der Waals surface area (Å²) in [6, 6.07) is 9.29. The van der Waals surface area contributed by atoms with Crippen LogP contribution in [0.1, 0.15) is 49.3 Å². The average molecular weight is 718 g/mol. The molecule has 0 unspecified atom stereocenters. The van der Waals surface area contributed by atoms with Gasteiger partial charge in [-0.25, -0.2) is 27.8 Å². The first kappa shape index (κ1) is 31.2. The predicted octanol–water partition coefficient (Wildman–Crippen LogP) is 5.28. The fourth-order valence-corrected chi connectivity index (χ4v) is 6.03. The number of anilines is 2. The minimum absolute atomic E-state index is 0.0137. The van der Waals surface area contributed by atoms with E-state index in [9.17, 15) is 32.8 Å². The first-order valence-corrected chi connectivity index (χ1v) is 14.8. The van der Waals surface area contributed by atoms with Gasteiger partial charge in [0.15, 0.2) is 0 Å². The minimum atomic E-state index is -2.82. The van der Waals surface area contributed by atoms with Gasteiger partial charge in [0, 0.05) is 41.1 Å². The molecule has 0 bridgehead atoms. The van der Waals surface area contributed by atoms with Gasteiger partial charge in [-0.2, -0.15) is 5.26 Å². The van der Waals surface area contributed by atoms with Crippen molar-refractivity contribution in [2.24, 2.45) is 0 Å². The number of amides is 3. The Morgan fingerprint density at radius 1 is 1.16 bits per heavy atom. The number of cyclic esters (lactones) is 1. The van der Waals surface area contributed by atoms with Gasteiger partial charge in [-0.05, 0) is 59.2 Å². The maximum Gasteiger partial charge on any atom is 0.416 e. The summed E-state index contributed by atoms with van der Waals surface area (Å²) in [4.78, 5) is 52.0. The van der Waals surface area contributed by atoms with Crippen LogP contribution in [0.25, 0.3) is 0 Å². The van der Waals surface area contributed by atoms with Gasteiger partial charge in [-0.15, -0.1) is 0 Å². The van der Waals surface area contributed by atoms with E-state index in [1.165, 1.54) is 24.5 Å². The number of benzene rings is 1. The van der Waals surface area contributed by atoms with Crippen molar-refractivity contribution in [1.29, 1.82) is 5.26 Å². The molecular formula is C30H26F3IN6O4. The van der Waals surface area contributed by atoms with Gasteiger partial charge in [0.05, 0.1) is 36.3 Å². The lowest BCUT2D eigenvalue weighted by Gasteiger charge is -2.39. The smallest absolute Gasteiger partial charge is 0.416 e. The Morgan fingerprint density at radius 2 is 1.91 bits per heavy atom. The van der Waals surface area contributed by atoms with Crippen molar-refractivity contribution in [1.82, 2.24) is 15.3 Å². The highest BCUT2D eigenvalue weighted by Gasteiger charge is 2.44. The van der Waals surface area contributed by atoms with E-state index >= 15 is 0 Å². The molecule has 2 atom stereocenters. The summed E-state index contributed by atoms with van der Waals surface area (Å²) < 4.78 is 48.2. The maximum absolute atomic E-state index is 14.7. The molecule has 1 aliphatic carbocycles. The molecule has 44 heavy (non-hydrogen) atoms. The molecule has 0 spiro atoms. The van der Waals surface area contributed by atoms with E-state index < -0.39 is 60.6 Å². The van der Waals surface area contributed by atoms with Crippen molar-refractivity contribution in [2.75, 3.05) is 16.4 Å². The molecule has 1 saturated heterocycles. The molecule has 3 amide bonds. The van der Waals surface area contributed by atoms with Crippen LogP contribution in [0.3, 0.4) is 0 Å². The third-order valence-corrected chi connectivity index (χ3v) is 8.49. The standard InChI is InChI=1S/C30H26F3IN6O4/c31-19-14-21(17-36-16-19)39(28(42)24-8-12-44-29(43)40(24)25-13-18(15-35)7-11-37-25)26(22-3-1-2-4-23(22)34)27(41)38-20-5-9-30(32,33)10-6-20/h1-4,7,11,13-14,16-17,20,24,26H,5-6,8-10,12H2,(H,38,41)/t24-,26-/m0/s1. The molecule has 1 aliphatic heterocycles. The summed E-state index contributed by atoms with van der Waals surface area (Å²) in [7, 11) is 0. The summed E-state index contributed by atoms with van der Waals surface area (Å²) in [5.41, 5.74) is 0.501. The molecule has 5 rings (SSSR count). The van der Waals surface area contributed by atoms with E-state index in [-0.39, 0.29) is 42.9 Å². The van der Waals surface area contributed by atoms with Gasteiger partial charge in [0.2, 0.25) is 11.8 Å². The Kier molecular flexibility index (Phi) is 9.33. The number of carbonyl (C=O) groups is 3. The van der Waals surface area contributed by atoms with Gasteiger partial charge in [0.25, 0.3) is 5.91 Å². The van der Waals surface area contributed by atoms with Crippen LogP contribution >= 0.6 is 22.6 Å². The molecule has 0 radical (unpaired) electrons. The van der Waals surface area contributed by atoms with Crippen molar-refractivity contribution in [2.45, 2.75) is 56.2 Å². The summed E-state index contributed by atoms with van der Waals surface area (Å²) in [5.74, 6) is -5.06. The van der Waals surface area contributed by atoms with E-state index in [4.69, 9.17) is 4.74 Å². The summed E-state index contributed by atoms with van der Waals surface area (Å²) in [5, 5.41) is 12.2. The van der Waals surface area contributed by atoms with Gasteiger partial charge in [-0.3, -0.25) is 19.5 Å². The number of nitrogens with zero attached hydrogens (tertiary/aromatic N) is 5. The zero-order valence-electron chi connectivity index (χ0n) is 23.1. The molecule has 3 heterocycles. The molecule has 2 aliphatic rings. The first-order valence-electron chi connectivity index (χ1n) is 13.8. The summed E-state index contributed by atoms with van der Waals surface area (Å²) in [6.45, 7) is -0.130. The molecule has 2 fully saturated rings. The molecule has 10 nitrogen and oxygen atoms in total. The van der Waals surface area contributed by atoms with Crippen molar-refractivity contribution in [3.8, 4) is 6.07 Å². The lowest BCUT2D eigenvalue weighted by atomic mass is 9.91. The SMILES string of the molecule is N#Cc1ccnc(N2C(=O)OCC[C@H]2C(=O)N(c2cncc(F)c2)[C@H](C(=O)NC2CCC(F)(F)CC2)c2ccccc2I)c1. The van der Waals surface area contributed by atoms with Gasteiger partial charge in [0.1, 0.15) is 23.7 Å². The number of alkyl halides is 2. The largest absolute Gasteiger partial charge is 0.449 e. The fourth-order valence-electron chi connectivity index (χ4n) is 5.35. The number of carbonyl (C=O) groups excluding carboxylic acids is 3. The van der Waals surface area contributed by atoms with Crippen molar-refractivity contribution in [3.63, 3.8) is 0 Å². The zero-order chi connectivity index (χ0) is 31.4. The van der Waals surface area contributed by atoms with Crippen LogP contribution in [0.2, 0.25) is 0 Å². The topological polar surface area (TPSA) is 129 Å². The minimum Gasteiger partial charge on any atom is -0.449 e. The van der Waals surface area contributed by atoms with E-state index in [1.54, 1.807) is 24.3 Å². The van der Waals surface area contributed by atoms with Crippen LogP contribution in [0, 0.1) is 20.7 Å². The van der Waals surface area contributed by atoms with Crippen LogP contribution < -0.4 is 15.1 Å². The van der Waals surface area contributed by atoms with E-state index in [2.05, 4.69) is 15.3 Å². The van der Waals surface area contributed by atoms with Crippen LogP contribution in [0.4, 0.5) is 29.5 Å². The lowest BCUT2D eigenvalue weighted by molar-refractivity contribution is -0.128. The number of halogens is 4. The lowest BCUT2D eigenvalue weighted by Crippen LogP contribution is -2.57. The Balaban J connectivity index is 1.61. The molecule has 14 heteroatoms. The Hall–Kier alpha value is -4.26. The molecule has 2 aromatic heterocycles. The second kappa shape index (κ2) is 13.2. The number of hydrogen-bond acceptors (Lipinski definition) is 7. The predicted molar refractivity (Wildman–Crippen MR) is 160 cm³/mol. The van der Waals surface area contributed by atoms with Gasteiger partial charge < -0.3 is 10.1 Å². The number of nitrogens with one attached hydrogen (secondary N) is 1. The molecule has 3 aromatic rings. The van der Waals surface area contributed by atoms with E-state index in [0.29, 0.717) is 9.13 Å². The van der Waals surface area contributed by atoms with Crippen LogP contribution in [-0.4, -0.2) is 52.5 Å². The highest BCUT2D eigenvalue weighted by Crippen LogP contribution is 2.36. The molecule has 1 N–H and O–H groups in total. The number of ether oxygens (including phenoxy) is 1. The van der Waals surface area contributed by atoms with E-state index in [1.807, 2.05) is 28.7 Å². The number of rotatable bonds is 7. The summed E-state index contributed by atoms with van der Waals surface area (Å²) >= 11 is 2.01. The Morgan fingerprint density at radius 3 is 2.61 bits per heavy atom. The van der Waals surface area contributed by atoms with Gasteiger partial charge >= 0.3 is 6.09 Å². The number of hydrogen-bond donors (Lipinski definition) is 1. The Labute approximate surface area is 264 Å². The maximum atomic E-state index is 14.7. The number of aromatic nitrogens is 2. The Bertz CT molecular complexity index is 1610. The van der Waals surface area contributed by atoms with Crippen molar-refractivity contribution in [3.05, 3.63) is 81.6 Å². The molecular weight excluding hydrogens is 692 g/mol. The fraction of sp³-hybridized carbons (Fsp3) is 0.333. The quantitative estimate of drug-likeness (QED) is 0.330. The first-order chi connectivity index (χ1) is 21.1. The summed E-state index contributed by atoms with van der Waals surface area (Å²) in [6.07, 6.45) is 1.85. The van der Waals surface area contributed by atoms with Crippen molar-refractivity contribution < 1.29 is 32.3 Å². The highest BCUT2D eigenvalue weighted by molar-refractivity contribution is 14.1. The van der Waals surface area contributed by atoms with Crippen LogP contribution in [0.15, 0.2) is 61.1 Å². The third-order valence-electron chi connectivity index (χ3n) is 7.51. The molecule has 228 valence electrons. The second-order valence-electron chi connectivity index (χ2n) is 10.4. The van der Waals surface area contributed by atoms with Crippen molar-refractivity contribution >= 4 is 52.0 Å². The van der Waals surface area contributed by atoms with E-state index in [0.717, 1.165) is 22.1 Å². The van der Waals surface area contributed by atoms with Crippen LogP contribution in [-0.2, 0) is 14.3 Å². The van der Waals surface area contributed by atoms with Gasteiger partial charge in [-0.1, -0.05) is 18.2 Å². The normalized spacial score (nSPS) is 18.9. The number of pyridine rings is 2.